The molecule has 0 aliphatic heterocycles. The van der Waals surface area contributed by atoms with Crippen LogP contribution in [-0.4, -0.2) is 34.4 Å². The molecule has 0 aliphatic rings. The maximum Gasteiger partial charge on any atom is 0.0602 e. The van der Waals surface area contributed by atoms with Crippen LogP contribution in [0.5, 0.6) is 0 Å². The summed E-state index contributed by atoms with van der Waals surface area (Å²) in [6.07, 6.45) is -0.226. The summed E-state index contributed by atoms with van der Waals surface area (Å²) < 4.78 is 0. The Balaban J connectivity index is 3.03. The van der Waals surface area contributed by atoms with E-state index in [1.54, 1.807) is 18.7 Å². The van der Waals surface area contributed by atoms with E-state index in [2.05, 4.69) is 0 Å². The Morgan fingerprint density at radius 1 is 1.30 bits per heavy atom. The zero-order valence-electron chi connectivity index (χ0n) is 6.58. The van der Waals surface area contributed by atoms with Crippen LogP contribution in [-0.2, 0) is 0 Å². The van der Waals surface area contributed by atoms with Gasteiger partial charge in [-0.3, -0.25) is 0 Å². The molecule has 0 aromatic rings. The van der Waals surface area contributed by atoms with Crippen molar-refractivity contribution in [3.63, 3.8) is 0 Å². The van der Waals surface area contributed by atoms with E-state index in [1.165, 1.54) is 0 Å². The van der Waals surface area contributed by atoms with Crippen molar-refractivity contribution in [2.45, 2.75) is 20.0 Å². The molecule has 0 radical (unpaired) electrons. The summed E-state index contributed by atoms with van der Waals surface area (Å²) in [5, 5.41) is 17.5. The van der Waals surface area contributed by atoms with E-state index in [-0.39, 0.29) is 12.7 Å². The predicted octanol–water partition coefficient (Wildman–Crippen LogP) is 0.729. The summed E-state index contributed by atoms with van der Waals surface area (Å²) in [6, 6.07) is 0. The molecule has 0 saturated carbocycles. The third-order valence-corrected chi connectivity index (χ3v) is 2.60. The van der Waals surface area contributed by atoms with E-state index < -0.39 is 0 Å². The summed E-state index contributed by atoms with van der Waals surface area (Å²) in [4.78, 5) is 0. The lowest BCUT2D eigenvalue weighted by Crippen LogP contribution is -2.08. The summed E-state index contributed by atoms with van der Waals surface area (Å²) in [7, 11) is 0. The molecule has 0 fully saturated rings. The standard InChI is InChI=1S/C7H16O2S/c1-6(3-8)4-10-5-7(2)9/h6-9H,3-5H2,1-2H3/t6?,7-/m0/s1. The lowest BCUT2D eigenvalue weighted by Gasteiger charge is -2.07. The molecule has 3 heteroatoms. The third-order valence-electron chi connectivity index (χ3n) is 1.07. The number of hydrogen-bond donors (Lipinski definition) is 2. The molecule has 0 aromatic heterocycles. The van der Waals surface area contributed by atoms with E-state index in [1.807, 2.05) is 6.92 Å². The molecule has 2 nitrogen and oxygen atoms in total. The van der Waals surface area contributed by atoms with Crippen molar-refractivity contribution in [1.82, 2.24) is 0 Å². The number of aliphatic hydroxyl groups is 2. The molecular weight excluding hydrogens is 148 g/mol. The van der Waals surface area contributed by atoms with Gasteiger partial charge in [0.1, 0.15) is 0 Å². The van der Waals surface area contributed by atoms with Crippen molar-refractivity contribution in [2.24, 2.45) is 5.92 Å². The van der Waals surface area contributed by atoms with Crippen LogP contribution in [0.3, 0.4) is 0 Å². The molecule has 0 spiro atoms. The first-order chi connectivity index (χ1) is 4.66. The average Bonchev–Trinajstić information content (AvgIpc) is 1.87. The van der Waals surface area contributed by atoms with Gasteiger partial charge in [-0.25, -0.2) is 0 Å². The van der Waals surface area contributed by atoms with Gasteiger partial charge in [0.25, 0.3) is 0 Å². The Kier molecular flexibility index (Phi) is 6.17. The zero-order chi connectivity index (χ0) is 7.98. The molecule has 10 heavy (non-hydrogen) atoms. The van der Waals surface area contributed by atoms with Crippen LogP contribution in [0.1, 0.15) is 13.8 Å². The zero-order valence-corrected chi connectivity index (χ0v) is 7.40. The second-order valence-electron chi connectivity index (χ2n) is 2.67. The Bertz CT molecular complexity index is 76.0. The monoisotopic (exact) mass is 164 g/mol. The predicted molar refractivity (Wildman–Crippen MR) is 45.3 cm³/mol. The van der Waals surface area contributed by atoms with Gasteiger partial charge in [0.2, 0.25) is 0 Å². The van der Waals surface area contributed by atoms with Gasteiger partial charge in [-0.1, -0.05) is 6.92 Å². The highest BCUT2D eigenvalue weighted by molar-refractivity contribution is 7.99. The SMILES string of the molecule is CC(CO)CSC[C@H](C)O. The molecule has 1 unspecified atom stereocenters. The molecule has 62 valence electrons. The molecule has 2 atom stereocenters. The molecule has 2 N–H and O–H groups in total. The lowest BCUT2D eigenvalue weighted by atomic mass is 10.2. The van der Waals surface area contributed by atoms with Crippen LogP contribution >= 0.6 is 11.8 Å². The highest BCUT2D eigenvalue weighted by Crippen LogP contribution is 2.08. The smallest absolute Gasteiger partial charge is 0.0602 e. The molecule has 0 aromatic carbocycles. The van der Waals surface area contributed by atoms with Crippen molar-refractivity contribution < 1.29 is 10.2 Å². The van der Waals surface area contributed by atoms with Gasteiger partial charge >= 0.3 is 0 Å². The van der Waals surface area contributed by atoms with E-state index in [9.17, 15) is 0 Å². The summed E-state index contributed by atoms with van der Waals surface area (Å²) >= 11 is 1.68. The molecule has 0 heterocycles. The van der Waals surface area contributed by atoms with Crippen molar-refractivity contribution in [3.8, 4) is 0 Å². The first kappa shape index (κ1) is 10.3. The van der Waals surface area contributed by atoms with Crippen molar-refractivity contribution in [1.29, 1.82) is 0 Å². The fraction of sp³-hybridized carbons (Fsp3) is 1.00. The lowest BCUT2D eigenvalue weighted by molar-refractivity contribution is 0.220. The second-order valence-corrected chi connectivity index (χ2v) is 3.75. The summed E-state index contributed by atoms with van der Waals surface area (Å²) in [5.41, 5.74) is 0. The minimum absolute atomic E-state index is 0.226. The van der Waals surface area contributed by atoms with E-state index >= 15 is 0 Å². The average molecular weight is 164 g/mol. The van der Waals surface area contributed by atoms with Crippen LogP contribution < -0.4 is 0 Å². The van der Waals surface area contributed by atoms with Gasteiger partial charge in [0.05, 0.1) is 6.10 Å². The molecule has 0 bridgehead atoms. The molecular formula is C7H16O2S. The molecule has 0 rings (SSSR count). The van der Waals surface area contributed by atoms with Gasteiger partial charge in [0, 0.05) is 12.4 Å². The van der Waals surface area contributed by atoms with Crippen LogP contribution in [0.2, 0.25) is 0 Å². The van der Waals surface area contributed by atoms with Crippen molar-refractivity contribution in [2.75, 3.05) is 18.1 Å². The number of rotatable bonds is 5. The largest absolute Gasteiger partial charge is 0.396 e. The Morgan fingerprint density at radius 2 is 1.90 bits per heavy atom. The normalized spacial score (nSPS) is 16.8. The topological polar surface area (TPSA) is 40.5 Å². The molecule has 0 aliphatic carbocycles. The van der Waals surface area contributed by atoms with Gasteiger partial charge in [-0.15, -0.1) is 0 Å². The minimum Gasteiger partial charge on any atom is -0.396 e. The van der Waals surface area contributed by atoms with Gasteiger partial charge in [-0.05, 0) is 18.6 Å². The highest BCUT2D eigenvalue weighted by Gasteiger charge is 2.00. The maximum absolute atomic E-state index is 8.85. The number of hydrogen-bond acceptors (Lipinski definition) is 3. The van der Waals surface area contributed by atoms with Crippen LogP contribution in [0, 0.1) is 5.92 Å². The summed E-state index contributed by atoms with van der Waals surface area (Å²) in [6.45, 7) is 4.01. The highest BCUT2D eigenvalue weighted by atomic mass is 32.2. The Hall–Kier alpha value is 0.270. The van der Waals surface area contributed by atoms with Gasteiger partial charge < -0.3 is 10.2 Å². The first-order valence-electron chi connectivity index (χ1n) is 3.53. The fourth-order valence-electron chi connectivity index (χ4n) is 0.492. The van der Waals surface area contributed by atoms with Gasteiger partial charge in [0.15, 0.2) is 0 Å². The number of aliphatic hydroxyl groups excluding tert-OH is 2. The van der Waals surface area contributed by atoms with E-state index in [0.717, 1.165) is 11.5 Å². The van der Waals surface area contributed by atoms with Crippen LogP contribution in [0.15, 0.2) is 0 Å². The van der Waals surface area contributed by atoms with Crippen LogP contribution in [0.4, 0.5) is 0 Å². The Morgan fingerprint density at radius 3 is 2.30 bits per heavy atom. The van der Waals surface area contributed by atoms with E-state index in [0.29, 0.717) is 5.92 Å². The van der Waals surface area contributed by atoms with Crippen molar-refractivity contribution >= 4 is 11.8 Å². The van der Waals surface area contributed by atoms with Crippen LogP contribution in [0.25, 0.3) is 0 Å². The maximum atomic E-state index is 8.85. The Labute approximate surface area is 66.6 Å². The fourth-order valence-corrected chi connectivity index (χ4v) is 1.48. The molecule has 0 amide bonds. The first-order valence-corrected chi connectivity index (χ1v) is 4.69. The van der Waals surface area contributed by atoms with E-state index in [4.69, 9.17) is 10.2 Å². The summed E-state index contributed by atoms with van der Waals surface area (Å²) in [5.74, 6) is 2.05. The minimum atomic E-state index is -0.226. The quantitative estimate of drug-likeness (QED) is 0.629. The number of thioether (sulfide) groups is 1. The van der Waals surface area contributed by atoms with Crippen molar-refractivity contribution in [3.05, 3.63) is 0 Å². The second kappa shape index (κ2) is 6.01. The molecule has 0 saturated heterocycles. The van der Waals surface area contributed by atoms with Gasteiger partial charge in [-0.2, -0.15) is 11.8 Å². The third kappa shape index (κ3) is 6.39.